The number of benzene rings is 2. The van der Waals surface area contributed by atoms with Crippen LogP contribution in [0.1, 0.15) is 42.7 Å². The number of allylic oxidation sites excluding steroid dienone is 4. The average Bonchev–Trinajstić information content (AvgIpc) is 2.82. The summed E-state index contributed by atoms with van der Waals surface area (Å²) in [4.78, 5) is 13.5. The Morgan fingerprint density at radius 2 is 1.62 bits per heavy atom. The number of hydrogen-bond acceptors (Lipinski definition) is 6. The second-order valence-electron chi connectivity index (χ2n) is 8.02. The molecule has 0 saturated heterocycles. The molecule has 6 nitrogen and oxygen atoms in total. The molecular formula is C26H26N2O4. The van der Waals surface area contributed by atoms with Gasteiger partial charge in [-0.1, -0.05) is 18.2 Å². The van der Waals surface area contributed by atoms with Crippen molar-refractivity contribution < 1.29 is 19.0 Å². The van der Waals surface area contributed by atoms with Crippen molar-refractivity contribution in [1.82, 2.24) is 5.32 Å². The van der Waals surface area contributed by atoms with Crippen LogP contribution in [0.5, 0.6) is 17.2 Å². The van der Waals surface area contributed by atoms with E-state index >= 15 is 0 Å². The van der Waals surface area contributed by atoms with Crippen molar-refractivity contribution >= 4 is 5.78 Å². The minimum atomic E-state index is -0.430. The summed E-state index contributed by atoms with van der Waals surface area (Å²) in [5, 5.41) is 13.3. The molecule has 0 fully saturated rings. The van der Waals surface area contributed by atoms with E-state index in [1.807, 2.05) is 49.4 Å². The molecule has 1 aliphatic heterocycles. The average molecular weight is 431 g/mol. The van der Waals surface area contributed by atoms with Crippen molar-refractivity contribution in [3.05, 3.63) is 76.1 Å². The summed E-state index contributed by atoms with van der Waals surface area (Å²) in [5.41, 5.74) is 4.82. The van der Waals surface area contributed by atoms with Crippen LogP contribution in [0.3, 0.4) is 0 Å². The third-order valence-corrected chi connectivity index (χ3v) is 6.28. The largest absolute Gasteiger partial charge is 0.497 e. The van der Waals surface area contributed by atoms with E-state index in [0.29, 0.717) is 35.5 Å². The molecule has 6 heteroatoms. The molecular weight excluding hydrogens is 404 g/mol. The van der Waals surface area contributed by atoms with E-state index < -0.39 is 5.92 Å². The Hall–Kier alpha value is -3.72. The van der Waals surface area contributed by atoms with Gasteiger partial charge in [0.2, 0.25) is 0 Å². The van der Waals surface area contributed by atoms with Crippen LogP contribution >= 0.6 is 0 Å². The van der Waals surface area contributed by atoms with E-state index in [1.165, 1.54) is 0 Å². The molecule has 1 heterocycles. The third-order valence-electron chi connectivity index (χ3n) is 6.28. The second kappa shape index (κ2) is 8.80. The number of rotatable bonds is 5. The summed E-state index contributed by atoms with van der Waals surface area (Å²) >= 11 is 0. The van der Waals surface area contributed by atoms with Gasteiger partial charge >= 0.3 is 0 Å². The lowest BCUT2D eigenvalue weighted by Gasteiger charge is -2.35. The first-order valence-corrected chi connectivity index (χ1v) is 10.5. The van der Waals surface area contributed by atoms with Crippen LogP contribution in [0.4, 0.5) is 0 Å². The summed E-state index contributed by atoms with van der Waals surface area (Å²) in [5.74, 6) is 1.66. The Labute approximate surface area is 188 Å². The minimum absolute atomic E-state index is 0.0552. The molecule has 2 atom stereocenters. The van der Waals surface area contributed by atoms with Gasteiger partial charge in [-0.15, -0.1) is 0 Å². The molecule has 0 radical (unpaired) electrons. The highest BCUT2D eigenvalue weighted by molar-refractivity contribution is 6.00. The van der Waals surface area contributed by atoms with E-state index in [1.54, 1.807) is 21.3 Å². The number of carbonyl (C=O) groups excluding carboxylic acids is 1. The SMILES string of the molecule is COc1ccc([C@H]2CC(=O)C3=C(C2)NC(C)=C(C#N)[C@@H]3c2ccc(OC)c(OC)c2)cc1. The van der Waals surface area contributed by atoms with Crippen molar-refractivity contribution in [2.24, 2.45) is 0 Å². The van der Waals surface area contributed by atoms with E-state index in [2.05, 4.69) is 11.4 Å². The number of nitrogens with zero attached hydrogens (tertiary/aromatic N) is 1. The lowest BCUT2D eigenvalue weighted by molar-refractivity contribution is -0.116. The highest BCUT2D eigenvalue weighted by atomic mass is 16.5. The molecule has 0 aromatic heterocycles. The number of dihydropyridines is 1. The maximum absolute atomic E-state index is 13.5. The zero-order chi connectivity index (χ0) is 22.8. The summed E-state index contributed by atoms with van der Waals surface area (Å²) in [6.07, 6.45) is 1.10. The molecule has 2 aliphatic rings. The monoisotopic (exact) mass is 430 g/mol. The molecule has 0 spiro atoms. The number of ether oxygens (including phenoxy) is 3. The van der Waals surface area contributed by atoms with E-state index in [-0.39, 0.29) is 11.7 Å². The summed E-state index contributed by atoms with van der Waals surface area (Å²) in [7, 11) is 4.79. The zero-order valence-corrected chi connectivity index (χ0v) is 18.7. The number of nitrogens with one attached hydrogen (secondary N) is 1. The van der Waals surface area contributed by atoms with Crippen molar-refractivity contribution in [2.45, 2.75) is 31.6 Å². The van der Waals surface area contributed by atoms with Crippen LogP contribution in [0.2, 0.25) is 0 Å². The van der Waals surface area contributed by atoms with Gasteiger partial charge in [-0.05, 0) is 54.7 Å². The summed E-state index contributed by atoms with van der Waals surface area (Å²) in [6.45, 7) is 1.89. The van der Waals surface area contributed by atoms with Crippen molar-refractivity contribution in [3.8, 4) is 23.3 Å². The van der Waals surface area contributed by atoms with Crippen LogP contribution in [-0.4, -0.2) is 27.1 Å². The Kier molecular flexibility index (Phi) is 5.91. The summed E-state index contributed by atoms with van der Waals surface area (Å²) < 4.78 is 16.1. The Bertz CT molecular complexity index is 1160. The first kappa shape index (κ1) is 21.5. The van der Waals surface area contributed by atoms with E-state index in [4.69, 9.17) is 14.2 Å². The molecule has 32 heavy (non-hydrogen) atoms. The fourth-order valence-corrected chi connectivity index (χ4v) is 4.66. The van der Waals surface area contributed by atoms with Crippen molar-refractivity contribution in [2.75, 3.05) is 21.3 Å². The Morgan fingerprint density at radius 1 is 0.938 bits per heavy atom. The maximum Gasteiger partial charge on any atom is 0.162 e. The second-order valence-corrected chi connectivity index (χ2v) is 8.02. The predicted molar refractivity (Wildman–Crippen MR) is 121 cm³/mol. The van der Waals surface area contributed by atoms with Gasteiger partial charge < -0.3 is 19.5 Å². The van der Waals surface area contributed by atoms with Crippen LogP contribution in [-0.2, 0) is 4.79 Å². The van der Waals surface area contributed by atoms with Gasteiger partial charge in [-0.3, -0.25) is 4.79 Å². The number of methoxy groups -OCH3 is 3. The smallest absolute Gasteiger partial charge is 0.162 e. The van der Waals surface area contributed by atoms with Gasteiger partial charge in [0.1, 0.15) is 5.75 Å². The van der Waals surface area contributed by atoms with Gasteiger partial charge in [0.15, 0.2) is 17.3 Å². The van der Waals surface area contributed by atoms with Gasteiger partial charge in [0, 0.05) is 23.4 Å². The number of carbonyl (C=O) groups is 1. The van der Waals surface area contributed by atoms with Crippen LogP contribution in [0, 0.1) is 11.3 Å². The number of hydrogen-bond donors (Lipinski definition) is 1. The first-order chi connectivity index (χ1) is 15.5. The highest BCUT2D eigenvalue weighted by Gasteiger charge is 2.39. The Morgan fingerprint density at radius 3 is 2.25 bits per heavy atom. The third kappa shape index (κ3) is 3.71. The molecule has 0 bridgehead atoms. The van der Waals surface area contributed by atoms with Crippen molar-refractivity contribution in [3.63, 3.8) is 0 Å². The van der Waals surface area contributed by atoms with E-state index in [9.17, 15) is 10.1 Å². The standard InChI is InChI=1S/C26H26N2O4/c1-15-20(14-27)25(17-7-10-23(31-3)24(13-17)32-4)26-21(28-15)11-18(12-22(26)29)16-5-8-19(30-2)9-6-16/h5-10,13,18,25,28H,11-12H2,1-4H3/t18-,25+/m1/s1. The topological polar surface area (TPSA) is 80.6 Å². The maximum atomic E-state index is 13.5. The normalized spacial score (nSPS) is 20.3. The van der Waals surface area contributed by atoms with Crippen molar-refractivity contribution in [1.29, 1.82) is 5.26 Å². The molecule has 2 aromatic rings. The van der Waals surface area contributed by atoms with Crippen LogP contribution in [0.15, 0.2) is 65.0 Å². The molecule has 1 aliphatic carbocycles. The highest BCUT2D eigenvalue weighted by Crippen LogP contribution is 2.46. The Balaban J connectivity index is 1.76. The molecule has 0 saturated carbocycles. The van der Waals surface area contributed by atoms with Gasteiger partial charge in [0.25, 0.3) is 0 Å². The quantitative estimate of drug-likeness (QED) is 0.747. The molecule has 0 unspecified atom stereocenters. The minimum Gasteiger partial charge on any atom is -0.497 e. The molecule has 164 valence electrons. The van der Waals surface area contributed by atoms with Crippen LogP contribution in [0.25, 0.3) is 0 Å². The first-order valence-electron chi connectivity index (χ1n) is 10.5. The number of nitriles is 1. The molecule has 1 N–H and O–H groups in total. The molecule has 4 rings (SSSR count). The fourth-order valence-electron chi connectivity index (χ4n) is 4.66. The lowest BCUT2D eigenvalue weighted by Crippen LogP contribution is -2.33. The fraction of sp³-hybridized carbons (Fsp3) is 0.308. The van der Waals surface area contributed by atoms with Crippen LogP contribution < -0.4 is 19.5 Å². The lowest BCUT2D eigenvalue weighted by atomic mass is 9.72. The zero-order valence-electron chi connectivity index (χ0n) is 18.7. The van der Waals surface area contributed by atoms with Gasteiger partial charge in [0.05, 0.1) is 38.9 Å². The van der Waals surface area contributed by atoms with Gasteiger partial charge in [-0.2, -0.15) is 5.26 Å². The molecule has 2 aromatic carbocycles. The predicted octanol–water partition coefficient (Wildman–Crippen LogP) is 4.60. The number of Topliss-reactive ketones (excluding diaryl/α,β-unsaturated/α-hetero) is 1. The molecule has 0 amide bonds. The van der Waals surface area contributed by atoms with E-state index in [0.717, 1.165) is 28.3 Å². The summed E-state index contributed by atoms with van der Waals surface area (Å²) in [6, 6.07) is 15.8. The number of ketones is 1. The van der Waals surface area contributed by atoms with Gasteiger partial charge in [-0.25, -0.2) is 0 Å².